The first-order chi connectivity index (χ1) is 7.66. The van der Waals surface area contributed by atoms with E-state index in [2.05, 4.69) is 42.9 Å². The molecule has 0 bridgehead atoms. The molecule has 0 spiro atoms. The van der Waals surface area contributed by atoms with Crippen LogP contribution in [0.1, 0.15) is 16.5 Å². The number of aromatic nitrogens is 1. The first-order valence-electron chi connectivity index (χ1n) is 4.74. The molecule has 0 fully saturated rings. The van der Waals surface area contributed by atoms with Gasteiger partial charge in [-0.25, -0.2) is 0 Å². The molecule has 1 aromatic heterocycles. The Bertz CT molecular complexity index is 471. The highest BCUT2D eigenvalue weighted by atomic mass is 79.9. The van der Waals surface area contributed by atoms with Crippen LogP contribution in [0.15, 0.2) is 38.9 Å². The van der Waals surface area contributed by atoms with Gasteiger partial charge in [-0.2, -0.15) is 0 Å². The number of rotatable bonds is 3. The molecule has 16 heavy (non-hydrogen) atoms. The Labute approximate surface area is 115 Å². The third-order valence-corrected chi connectivity index (χ3v) is 4.28. The molecular formula is C11H10Br2N2S. The molecule has 1 aromatic carbocycles. The molecule has 2 aromatic rings. The summed E-state index contributed by atoms with van der Waals surface area (Å²) in [4.78, 5) is 5.26. The van der Waals surface area contributed by atoms with E-state index >= 15 is 0 Å². The average molecular weight is 362 g/mol. The second kappa shape index (κ2) is 5.40. The lowest BCUT2D eigenvalue weighted by Crippen LogP contribution is -2.13. The largest absolute Gasteiger partial charge is 0.324 e. The number of thiazole rings is 1. The van der Waals surface area contributed by atoms with E-state index in [1.54, 1.807) is 11.3 Å². The van der Waals surface area contributed by atoms with Crippen molar-refractivity contribution in [2.24, 2.45) is 5.73 Å². The molecular weight excluding hydrogens is 352 g/mol. The summed E-state index contributed by atoms with van der Waals surface area (Å²) in [5, 5.41) is 0. The van der Waals surface area contributed by atoms with Crippen LogP contribution in [0.3, 0.4) is 0 Å². The smallest absolute Gasteiger partial charge is 0.0794 e. The molecule has 0 saturated heterocycles. The van der Waals surface area contributed by atoms with Crippen molar-refractivity contribution in [2.75, 3.05) is 0 Å². The zero-order chi connectivity index (χ0) is 11.5. The van der Waals surface area contributed by atoms with Gasteiger partial charge in [0, 0.05) is 32.5 Å². The molecule has 0 aliphatic rings. The van der Waals surface area contributed by atoms with Crippen LogP contribution in [0, 0.1) is 0 Å². The van der Waals surface area contributed by atoms with E-state index in [4.69, 9.17) is 5.73 Å². The fourth-order valence-corrected chi connectivity index (χ4v) is 3.04. The third-order valence-electron chi connectivity index (χ3n) is 2.26. The molecule has 0 aliphatic heterocycles. The van der Waals surface area contributed by atoms with Crippen LogP contribution < -0.4 is 5.73 Å². The summed E-state index contributed by atoms with van der Waals surface area (Å²) in [5.74, 6) is 0. The number of hydrogen-bond acceptors (Lipinski definition) is 3. The van der Waals surface area contributed by atoms with Crippen molar-refractivity contribution in [1.82, 2.24) is 4.98 Å². The van der Waals surface area contributed by atoms with Gasteiger partial charge in [0.05, 0.1) is 5.51 Å². The first-order valence-corrected chi connectivity index (χ1v) is 7.21. The lowest BCUT2D eigenvalue weighted by molar-refractivity contribution is 0.725. The van der Waals surface area contributed by atoms with Gasteiger partial charge in [0.25, 0.3) is 0 Å². The van der Waals surface area contributed by atoms with Crippen LogP contribution >= 0.6 is 43.2 Å². The third kappa shape index (κ3) is 2.91. The van der Waals surface area contributed by atoms with E-state index in [1.807, 2.05) is 23.8 Å². The fourth-order valence-electron chi connectivity index (χ4n) is 1.47. The summed E-state index contributed by atoms with van der Waals surface area (Å²) >= 11 is 8.62. The van der Waals surface area contributed by atoms with Gasteiger partial charge < -0.3 is 5.73 Å². The number of nitrogens with zero attached hydrogens (tertiary/aromatic N) is 1. The van der Waals surface area contributed by atoms with Gasteiger partial charge in [-0.05, 0) is 23.8 Å². The fraction of sp³-hybridized carbons (Fsp3) is 0.182. The Morgan fingerprint density at radius 2 is 2.19 bits per heavy atom. The number of benzene rings is 1. The lowest BCUT2D eigenvalue weighted by Gasteiger charge is -2.13. The summed E-state index contributed by atoms with van der Waals surface area (Å²) in [6.07, 6.45) is 2.69. The highest BCUT2D eigenvalue weighted by Crippen LogP contribution is 2.28. The van der Waals surface area contributed by atoms with Crippen molar-refractivity contribution < 1.29 is 0 Å². The summed E-state index contributed by atoms with van der Waals surface area (Å²) in [6.45, 7) is 0. The van der Waals surface area contributed by atoms with E-state index in [0.29, 0.717) is 0 Å². The Morgan fingerprint density at radius 1 is 1.38 bits per heavy atom. The Morgan fingerprint density at radius 3 is 2.88 bits per heavy atom. The predicted molar refractivity (Wildman–Crippen MR) is 74.6 cm³/mol. The van der Waals surface area contributed by atoms with Crippen molar-refractivity contribution in [1.29, 1.82) is 0 Å². The molecule has 0 radical (unpaired) electrons. The molecule has 1 heterocycles. The monoisotopic (exact) mass is 360 g/mol. The van der Waals surface area contributed by atoms with Gasteiger partial charge in [-0.1, -0.05) is 31.9 Å². The van der Waals surface area contributed by atoms with Crippen LogP contribution in [0.25, 0.3) is 0 Å². The minimum absolute atomic E-state index is 0.00711. The maximum Gasteiger partial charge on any atom is 0.0794 e. The predicted octanol–water partition coefficient (Wildman–Crippen LogP) is 3.91. The second-order valence-corrected chi connectivity index (χ2v) is 6.19. The maximum absolute atomic E-state index is 6.18. The minimum atomic E-state index is -0.00711. The topological polar surface area (TPSA) is 38.9 Å². The molecule has 0 amide bonds. The van der Waals surface area contributed by atoms with E-state index in [9.17, 15) is 0 Å². The van der Waals surface area contributed by atoms with Gasteiger partial charge >= 0.3 is 0 Å². The first kappa shape index (κ1) is 12.2. The summed E-state index contributed by atoms with van der Waals surface area (Å²) in [5.41, 5.74) is 9.13. The molecule has 0 aliphatic carbocycles. The van der Waals surface area contributed by atoms with E-state index in [1.165, 1.54) is 4.88 Å². The molecule has 2 nitrogen and oxygen atoms in total. The summed E-state index contributed by atoms with van der Waals surface area (Å²) in [6, 6.07) is 6.04. The van der Waals surface area contributed by atoms with Crippen LogP contribution in [0.5, 0.6) is 0 Å². The molecule has 0 saturated carbocycles. The quantitative estimate of drug-likeness (QED) is 0.899. The average Bonchev–Trinajstić information content (AvgIpc) is 2.74. The van der Waals surface area contributed by atoms with Gasteiger partial charge in [0.1, 0.15) is 0 Å². The number of hydrogen-bond donors (Lipinski definition) is 1. The van der Waals surface area contributed by atoms with Crippen molar-refractivity contribution in [3.05, 3.63) is 49.3 Å². The van der Waals surface area contributed by atoms with E-state index in [0.717, 1.165) is 20.9 Å². The standard InChI is InChI=1S/C11H10Br2N2S/c12-7-1-2-10(13)9(3-7)11(14)4-8-5-15-6-16-8/h1-3,5-6,11H,4,14H2. The zero-order valence-corrected chi connectivity index (χ0v) is 12.3. The normalized spacial score (nSPS) is 12.7. The van der Waals surface area contributed by atoms with Gasteiger partial charge in [0.2, 0.25) is 0 Å². The second-order valence-electron chi connectivity index (χ2n) is 3.44. The highest BCUT2D eigenvalue weighted by molar-refractivity contribution is 9.11. The van der Waals surface area contributed by atoms with Crippen molar-refractivity contribution in [3.8, 4) is 0 Å². The van der Waals surface area contributed by atoms with Gasteiger partial charge in [0.15, 0.2) is 0 Å². The Hall–Kier alpha value is -0.230. The molecule has 84 valence electrons. The maximum atomic E-state index is 6.18. The molecule has 1 atom stereocenters. The van der Waals surface area contributed by atoms with E-state index < -0.39 is 0 Å². The van der Waals surface area contributed by atoms with Crippen LogP contribution in [-0.2, 0) is 6.42 Å². The Balaban J connectivity index is 2.20. The van der Waals surface area contributed by atoms with Crippen molar-refractivity contribution in [3.63, 3.8) is 0 Å². The molecule has 2 rings (SSSR count). The summed E-state index contributed by atoms with van der Waals surface area (Å²) < 4.78 is 2.10. The van der Waals surface area contributed by atoms with Gasteiger partial charge in [-0.3, -0.25) is 4.98 Å². The molecule has 1 unspecified atom stereocenters. The number of nitrogens with two attached hydrogens (primary N) is 1. The van der Waals surface area contributed by atoms with Crippen molar-refractivity contribution >= 4 is 43.2 Å². The van der Waals surface area contributed by atoms with Crippen LogP contribution in [-0.4, -0.2) is 4.98 Å². The SMILES string of the molecule is NC(Cc1cncs1)c1cc(Br)ccc1Br. The van der Waals surface area contributed by atoms with Gasteiger partial charge in [-0.15, -0.1) is 11.3 Å². The van der Waals surface area contributed by atoms with E-state index in [-0.39, 0.29) is 6.04 Å². The lowest BCUT2D eigenvalue weighted by atomic mass is 10.0. The Kier molecular flexibility index (Phi) is 4.13. The number of halogens is 2. The zero-order valence-electron chi connectivity index (χ0n) is 8.36. The minimum Gasteiger partial charge on any atom is -0.324 e. The molecule has 5 heteroatoms. The van der Waals surface area contributed by atoms with Crippen molar-refractivity contribution in [2.45, 2.75) is 12.5 Å². The van der Waals surface area contributed by atoms with Crippen LogP contribution in [0.4, 0.5) is 0 Å². The summed E-state index contributed by atoms with van der Waals surface area (Å²) in [7, 11) is 0. The van der Waals surface area contributed by atoms with Crippen LogP contribution in [0.2, 0.25) is 0 Å². The highest BCUT2D eigenvalue weighted by Gasteiger charge is 2.11. The molecule has 2 N–H and O–H groups in total.